The van der Waals surface area contributed by atoms with E-state index in [9.17, 15) is 28.0 Å². The van der Waals surface area contributed by atoms with Crippen molar-refractivity contribution >= 4 is 40.2 Å². The first-order valence-corrected chi connectivity index (χ1v) is 11.1. The molecule has 3 aromatic carbocycles. The van der Waals surface area contributed by atoms with Gasteiger partial charge in [0.25, 0.3) is 5.91 Å². The van der Waals surface area contributed by atoms with Gasteiger partial charge in [0.15, 0.2) is 6.19 Å². The van der Waals surface area contributed by atoms with E-state index in [4.69, 9.17) is 0 Å². The molecule has 0 fully saturated rings. The molecule has 0 aromatic heterocycles. The van der Waals surface area contributed by atoms with Crippen molar-refractivity contribution in [3.05, 3.63) is 72.3 Å². The Morgan fingerprint density at radius 1 is 1.06 bits per heavy atom. The molecule has 1 unspecified atom stereocenters. The summed E-state index contributed by atoms with van der Waals surface area (Å²) >= 11 is -0.256. The molecule has 3 amide bonds. The third-order valence-electron chi connectivity index (χ3n) is 4.91. The number of benzene rings is 3. The summed E-state index contributed by atoms with van der Waals surface area (Å²) in [6, 6.07) is 16.8. The summed E-state index contributed by atoms with van der Waals surface area (Å²) in [6.07, 6.45) is 1.96. The molecule has 176 valence electrons. The van der Waals surface area contributed by atoms with Crippen molar-refractivity contribution in [2.24, 2.45) is 0 Å². The highest BCUT2D eigenvalue weighted by molar-refractivity contribution is 8.00. The maximum atomic E-state index is 12.9. The number of nitrogens with zero attached hydrogens (tertiary/aromatic N) is 2. The Kier molecular flexibility index (Phi) is 8.02. The number of halogens is 3. The highest BCUT2D eigenvalue weighted by Gasteiger charge is 2.29. The fourth-order valence-corrected chi connectivity index (χ4v) is 3.87. The largest absolute Gasteiger partial charge is 0.446 e. The monoisotopic (exact) mass is 486 g/mol. The highest BCUT2D eigenvalue weighted by atomic mass is 32.2. The van der Waals surface area contributed by atoms with Gasteiger partial charge in [0, 0.05) is 23.5 Å². The van der Waals surface area contributed by atoms with E-state index in [1.165, 1.54) is 24.3 Å². The molecule has 0 saturated carbocycles. The van der Waals surface area contributed by atoms with Crippen LogP contribution in [0.3, 0.4) is 0 Å². The Balaban J connectivity index is 1.74. The maximum Gasteiger partial charge on any atom is 0.446 e. The quantitative estimate of drug-likeness (QED) is 0.262. The molecular weight excluding hydrogens is 465 g/mol. The number of carbonyl (C=O) groups is 2. The maximum absolute atomic E-state index is 12.9. The van der Waals surface area contributed by atoms with Crippen LogP contribution >= 0.6 is 11.8 Å². The van der Waals surface area contributed by atoms with E-state index in [-0.39, 0.29) is 35.3 Å². The van der Waals surface area contributed by atoms with Crippen LogP contribution in [0.15, 0.2) is 71.6 Å². The molecule has 0 radical (unpaired) electrons. The number of nitriles is 1. The summed E-state index contributed by atoms with van der Waals surface area (Å²) in [5.74, 6) is -0.565. The number of carbonyl (C=O) groups excluding carboxylic acids is 2. The predicted octanol–water partition coefficient (Wildman–Crippen LogP) is 5.51. The Morgan fingerprint density at radius 3 is 2.35 bits per heavy atom. The number of alkyl halides is 3. The lowest BCUT2D eigenvalue weighted by Gasteiger charge is -2.22. The second-order valence-electron chi connectivity index (χ2n) is 7.29. The van der Waals surface area contributed by atoms with Gasteiger partial charge in [-0.1, -0.05) is 42.5 Å². The normalized spacial score (nSPS) is 12.0. The lowest BCUT2D eigenvalue weighted by Crippen LogP contribution is -2.49. The average molecular weight is 487 g/mol. The molecule has 1 atom stereocenters. The number of likely N-dealkylation sites (N-methyl/N-ethyl adjacent to an activating group) is 1. The van der Waals surface area contributed by atoms with Gasteiger partial charge in [-0.3, -0.25) is 4.79 Å². The van der Waals surface area contributed by atoms with Crippen molar-refractivity contribution in [2.75, 3.05) is 11.9 Å². The minimum absolute atomic E-state index is 0.0181. The molecule has 3 rings (SSSR count). The highest BCUT2D eigenvalue weighted by Crippen LogP contribution is 2.37. The van der Waals surface area contributed by atoms with Crippen molar-refractivity contribution in [1.82, 2.24) is 10.2 Å². The second kappa shape index (κ2) is 10.9. The summed E-state index contributed by atoms with van der Waals surface area (Å²) < 4.78 is 37.5. The van der Waals surface area contributed by atoms with Gasteiger partial charge >= 0.3 is 11.5 Å². The van der Waals surface area contributed by atoms with E-state index in [2.05, 4.69) is 10.6 Å². The molecule has 6 nitrogen and oxygen atoms in total. The van der Waals surface area contributed by atoms with Crippen molar-refractivity contribution in [3.8, 4) is 6.19 Å². The Labute approximate surface area is 198 Å². The van der Waals surface area contributed by atoms with Gasteiger partial charge < -0.3 is 10.6 Å². The van der Waals surface area contributed by atoms with E-state index in [1.54, 1.807) is 6.92 Å². The number of fused-ring (bicyclic) bond motifs is 1. The van der Waals surface area contributed by atoms with Gasteiger partial charge in [-0.05, 0) is 59.3 Å². The zero-order valence-corrected chi connectivity index (χ0v) is 18.9. The molecule has 34 heavy (non-hydrogen) atoms. The van der Waals surface area contributed by atoms with Crippen LogP contribution in [0.25, 0.3) is 10.8 Å². The number of thioether (sulfide) groups is 1. The van der Waals surface area contributed by atoms with Gasteiger partial charge in [0.05, 0.1) is 0 Å². The molecule has 0 spiro atoms. The fourth-order valence-electron chi connectivity index (χ4n) is 3.33. The van der Waals surface area contributed by atoms with Crippen LogP contribution in [0.4, 0.5) is 23.7 Å². The number of amides is 3. The van der Waals surface area contributed by atoms with E-state index in [1.807, 2.05) is 48.7 Å². The van der Waals surface area contributed by atoms with E-state index in [0.717, 1.165) is 21.2 Å². The average Bonchev–Trinajstić information content (AvgIpc) is 2.79. The first-order chi connectivity index (χ1) is 16.2. The smallest absolute Gasteiger partial charge is 0.326 e. The van der Waals surface area contributed by atoms with Crippen LogP contribution in [0.5, 0.6) is 0 Å². The molecule has 10 heteroatoms. The molecule has 0 bridgehead atoms. The van der Waals surface area contributed by atoms with Crippen LogP contribution in [-0.2, 0) is 11.2 Å². The van der Waals surface area contributed by atoms with Crippen LogP contribution in [0.2, 0.25) is 0 Å². The third kappa shape index (κ3) is 6.89. The first kappa shape index (κ1) is 24.9. The van der Waals surface area contributed by atoms with Crippen molar-refractivity contribution in [2.45, 2.75) is 29.8 Å². The summed E-state index contributed by atoms with van der Waals surface area (Å²) in [5.41, 5.74) is -3.36. The van der Waals surface area contributed by atoms with E-state index < -0.39 is 23.5 Å². The van der Waals surface area contributed by atoms with Crippen LogP contribution in [0, 0.1) is 11.5 Å². The van der Waals surface area contributed by atoms with Gasteiger partial charge in [-0.2, -0.15) is 18.4 Å². The number of hydrogen-bond donors (Lipinski definition) is 2. The fraction of sp³-hybridized carbons (Fsp3) is 0.208. The topological polar surface area (TPSA) is 85.2 Å². The third-order valence-corrected chi connectivity index (χ3v) is 5.65. The van der Waals surface area contributed by atoms with E-state index >= 15 is 0 Å². The van der Waals surface area contributed by atoms with Gasteiger partial charge in [0.2, 0.25) is 0 Å². The summed E-state index contributed by atoms with van der Waals surface area (Å²) in [4.78, 5) is 26.4. The van der Waals surface area contributed by atoms with Crippen LogP contribution in [0.1, 0.15) is 12.5 Å². The number of anilines is 1. The second-order valence-corrected chi connectivity index (χ2v) is 8.43. The number of hydrogen-bond acceptors (Lipinski definition) is 4. The number of urea groups is 1. The summed E-state index contributed by atoms with van der Waals surface area (Å²) in [7, 11) is 0. The Morgan fingerprint density at radius 2 is 1.74 bits per heavy atom. The van der Waals surface area contributed by atoms with Crippen LogP contribution < -0.4 is 10.6 Å². The molecule has 2 N–H and O–H groups in total. The van der Waals surface area contributed by atoms with Crippen molar-refractivity contribution < 1.29 is 22.8 Å². The number of rotatable bonds is 7. The molecular formula is C24H21F3N4O2S. The minimum Gasteiger partial charge on any atom is -0.326 e. The molecule has 0 aliphatic carbocycles. The van der Waals surface area contributed by atoms with E-state index in [0.29, 0.717) is 0 Å². The lowest BCUT2D eigenvalue weighted by molar-refractivity contribution is -0.129. The molecule has 0 aliphatic rings. The van der Waals surface area contributed by atoms with Gasteiger partial charge in [0.1, 0.15) is 6.04 Å². The molecule has 0 aliphatic heterocycles. The Hall–Kier alpha value is -3.71. The Bertz CT molecular complexity index is 1210. The zero-order chi connectivity index (χ0) is 24.7. The standard InChI is InChI=1S/C24H21F3N4O2S/c1-2-31(15-28)22(32)21(14-16-7-8-17-5-3-4-6-18(17)13-16)30-23(33)29-19-9-11-20(12-10-19)34-24(25,26)27/h3-13,21H,2,14H2,1H3,(H2,29,30,33). The van der Waals surface area contributed by atoms with Crippen LogP contribution in [-0.4, -0.2) is 34.9 Å². The van der Waals surface area contributed by atoms with Crippen molar-refractivity contribution in [3.63, 3.8) is 0 Å². The summed E-state index contributed by atoms with van der Waals surface area (Å²) in [5, 5.41) is 16.4. The number of nitrogens with one attached hydrogen (secondary N) is 2. The molecule has 0 saturated heterocycles. The van der Waals surface area contributed by atoms with Gasteiger partial charge in [-0.15, -0.1) is 0 Å². The minimum atomic E-state index is -4.41. The lowest BCUT2D eigenvalue weighted by atomic mass is 10.0. The summed E-state index contributed by atoms with van der Waals surface area (Å²) in [6.45, 7) is 1.79. The van der Waals surface area contributed by atoms with Crippen molar-refractivity contribution in [1.29, 1.82) is 5.26 Å². The van der Waals surface area contributed by atoms with Gasteiger partial charge in [-0.25, -0.2) is 9.69 Å². The molecule has 0 heterocycles. The SMILES string of the molecule is CCN(C#N)C(=O)C(Cc1ccc2ccccc2c1)NC(=O)Nc1ccc(SC(F)(F)F)cc1. The predicted molar refractivity (Wildman–Crippen MR) is 125 cm³/mol. The zero-order valence-electron chi connectivity index (χ0n) is 18.1. The first-order valence-electron chi connectivity index (χ1n) is 10.3. The molecule has 3 aromatic rings.